The smallest absolute Gasteiger partial charge is 0.254 e. The number of methoxy groups -OCH3 is 1. The first-order valence-electron chi connectivity index (χ1n) is 11.2. The average molecular weight is 439 g/mol. The number of guanidine groups is 1. The van der Waals surface area contributed by atoms with E-state index in [2.05, 4.69) is 15.6 Å². The zero-order valence-corrected chi connectivity index (χ0v) is 19.4. The van der Waals surface area contributed by atoms with E-state index in [1.54, 1.807) is 7.11 Å². The molecule has 0 aromatic heterocycles. The second-order valence-electron chi connectivity index (χ2n) is 8.02. The maximum Gasteiger partial charge on any atom is 0.254 e. The molecule has 1 saturated heterocycles. The molecule has 3 rings (SSSR count). The summed E-state index contributed by atoms with van der Waals surface area (Å²) in [6.07, 6.45) is 0.119. The second-order valence-corrected chi connectivity index (χ2v) is 8.02. The van der Waals surface area contributed by atoms with Gasteiger partial charge in [0.15, 0.2) is 5.96 Å². The van der Waals surface area contributed by atoms with Crippen LogP contribution in [0.2, 0.25) is 0 Å². The van der Waals surface area contributed by atoms with Gasteiger partial charge in [-0.15, -0.1) is 0 Å². The fourth-order valence-corrected chi connectivity index (χ4v) is 3.82. The maximum absolute atomic E-state index is 12.8. The zero-order valence-electron chi connectivity index (χ0n) is 19.4. The molecule has 172 valence electrons. The Morgan fingerprint density at radius 1 is 1.09 bits per heavy atom. The third-order valence-corrected chi connectivity index (χ3v) is 5.31. The van der Waals surface area contributed by atoms with Gasteiger partial charge in [0.2, 0.25) is 0 Å². The molecule has 0 bridgehead atoms. The lowest BCUT2D eigenvalue weighted by Crippen LogP contribution is -2.48. The van der Waals surface area contributed by atoms with Crippen molar-refractivity contribution < 1.29 is 14.3 Å². The number of hydrogen-bond donors (Lipinski definition) is 2. The highest BCUT2D eigenvalue weighted by atomic mass is 16.5. The number of hydrogen-bond acceptors (Lipinski definition) is 4. The number of nitrogens with one attached hydrogen (secondary N) is 2. The number of amides is 1. The highest BCUT2D eigenvalue weighted by Crippen LogP contribution is 2.17. The van der Waals surface area contributed by atoms with Gasteiger partial charge in [0.1, 0.15) is 5.75 Å². The number of benzene rings is 2. The Morgan fingerprint density at radius 2 is 1.78 bits per heavy atom. The molecule has 2 aromatic carbocycles. The van der Waals surface area contributed by atoms with Gasteiger partial charge in [-0.2, -0.15) is 0 Å². The van der Waals surface area contributed by atoms with Gasteiger partial charge >= 0.3 is 0 Å². The summed E-state index contributed by atoms with van der Waals surface area (Å²) in [5, 5.41) is 6.62. The van der Waals surface area contributed by atoms with Crippen LogP contribution in [0.25, 0.3) is 0 Å². The Morgan fingerprint density at radius 3 is 2.44 bits per heavy atom. The van der Waals surface area contributed by atoms with Crippen molar-refractivity contribution >= 4 is 11.9 Å². The van der Waals surface area contributed by atoms with Crippen molar-refractivity contribution in [3.63, 3.8) is 0 Å². The summed E-state index contributed by atoms with van der Waals surface area (Å²) in [7, 11) is 1.67. The molecule has 0 saturated carbocycles. The molecule has 2 atom stereocenters. The summed E-state index contributed by atoms with van der Waals surface area (Å²) < 4.78 is 11.1. The van der Waals surface area contributed by atoms with Crippen LogP contribution in [0.4, 0.5) is 0 Å². The molecule has 7 nitrogen and oxygen atoms in total. The Kier molecular flexibility index (Phi) is 8.50. The van der Waals surface area contributed by atoms with Gasteiger partial charge in [-0.25, -0.2) is 4.99 Å². The molecular weight excluding hydrogens is 404 g/mol. The normalized spacial score (nSPS) is 18.9. The van der Waals surface area contributed by atoms with Gasteiger partial charge < -0.3 is 25.0 Å². The van der Waals surface area contributed by atoms with Crippen LogP contribution in [-0.2, 0) is 17.8 Å². The zero-order chi connectivity index (χ0) is 22.9. The fourth-order valence-electron chi connectivity index (χ4n) is 3.82. The summed E-state index contributed by atoms with van der Waals surface area (Å²) in [5.41, 5.74) is 2.80. The van der Waals surface area contributed by atoms with E-state index in [1.807, 2.05) is 74.2 Å². The van der Waals surface area contributed by atoms with E-state index in [1.165, 1.54) is 0 Å². The summed E-state index contributed by atoms with van der Waals surface area (Å²) in [5.74, 6) is 1.63. The van der Waals surface area contributed by atoms with Crippen LogP contribution in [0.3, 0.4) is 0 Å². The first-order chi connectivity index (χ1) is 15.5. The molecule has 0 spiro atoms. The van der Waals surface area contributed by atoms with Crippen molar-refractivity contribution in [3.8, 4) is 5.75 Å². The van der Waals surface area contributed by atoms with Crippen molar-refractivity contribution in [2.45, 2.75) is 46.1 Å². The van der Waals surface area contributed by atoms with Gasteiger partial charge in [-0.1, -0.05) is 30.3 Å². The van der Waals surface area contributed by atoms with Gasteiger partial charge in [0, 0.05) is 37.3 Å². The lowest BCUT2D eigenvalue weighted by molar-refractivity contribution is -0.0586. The number of rotatable bonds is 7. The number of para-hydroxylation sites is 1. The van der Waals surface area contributed by atoms with Gasteiger partial charge in [-0.3, -0.25) is 4.79 Å². The standard InChI is InChI=1S/C25H34N4O3/c1-5-26-25(28-15-22-8-6-7-9-23(22)31-4)27-14-20-10-12-21(13-11-20)24(30)29-16-18(2)32-19(3)17-29/h6-13,18-19H,5,14-17H2,1-4H3,(H2,26,27,28). The van der Waals surface area contributed by atoms with Crippen molar-refractivity contribution in [1.82, 2.24) is 15.5 Å². The minimum absolute atomic E-state index is 0.0499. The Labute approximate surface area is 190 Å². The van der Waals surface area contributed by atoms with Crippen molar-refractivity contribution in [2.75, 3.05) is 26.7 Å². The van der Waals surface area contributed by atoms with E-state index in [0.717, 1.165) is 29.4 Å². The molecule has 1 amide bonds. The number of morpholine rings is 1. The lowest BCUT2D eigenvalue weighted by atomic mass is 10.1. The fraction of sp³-hybridized carbons (Fsp3) is 0.440. The molecule has 0 radical (unpaired) electrons. The third-order valence-electron chi connectivity index (χ3n) is 5.31. The van der Waals surface area contributed by atoms with E-state index < -0.39 is 0 Å². The molecule has 1 aliphatic heterocycles. The van der Waals surface area contributed by atoms with Gasteiger partial charge in [-0.05, 0) is 44.5 Å². The molecule has 1 aliphatic rings. The molecule has 2 N–H and O–H groups in total. The van der Waals surface area contributed by atoms with Crippen LogP contribution in [0, 0.1) is 0 Å². The van der Waals surface area contributed by atoms with Crippen LogP contribution < -0.4 is 15.4 Å². The largest absolute Gasteiger partial charge is 0.496 e. The molecule has 2 unspecified atom stereocenters. The van der Waals surface area contributed by atoms with Crippen LogP contribution in [0.1, 0.15) is 42.3 Å². The topological polar surface area (TPSA) is 75.2 Å². The Bertz CT molecular complexity index is 904. The first kappa shape index (κ1) is 23.6. The molecule has 1 fully saturated rings. The van der Waals surface area contributed by atoms with Gasteiger partial charge in [0.25, 0.3) is 5.91 Å². The molecule has 2 aromatic rings. The van der Waals surface area contributed by atoms with Crippen molar-refractivity contribution in [1.29, 1.82) is 0 Å². The molecule has 7 heteroatoms. The van der Waals surface area contributed by atoms with Gasteiger partial charge in [0.05, 0.1) is 25.9 Å². The third kappa shape index (κ3) is 6.47. The van der Waals surface area contributed by atoms with Crippen LogP contribution in [0.5, 0.6) is 5.75 Å². The van der Waals surface area contributed by atoms with E-state index in [0.29, 0.717) is 31.7 Å². The summed E-state index contributed by atoms with van der Waals surface area (Å²) >= 11 is 0. The van der Waals surface area contributed by atoms with E-state index >= 15 is 0 Å². The SMILES string of the molecule is CCNC(=NCc1ccc(C(=O)N2CC(C)OC(C)C2)cc1)NCc1ccccc1OC. The number of carbonyl (C=O) groups excluding carboxylic acids is 1. The maximum atomic E-state index is 12.8. The first-order valence-corrected chi connectivity index (χ1v) is 11.2. The number of carbonyl (C=O) groups is 1. The highest BCUT2D eigenvalue weighted by Gasteiger charge is 2.26. The Balaban J connectivity index is 1.60. The monoisotopic (exact) mass is 438 g/mol. The summed E-state index contributed by atoms with van der Waals surface area (Å²) in [6.45, 7) is 9.18. The van der Waals surface area contributed by atoms with E-state index in [4.69, 9.17) is 9.47 Å². The molecular formula is C25H34N4O3. The van der Waals surface area contributed by atoms with Crippen LogP contribution >= 0.6 is 0 Å². The van der Waals surface area contributed by atoms with Crippen LogP contribution in [0.15, 0.2) is 53.5 Å². The van der Waals surface area contributed by atoms with E-state index in [9.17, 15) is 4.79 Å². The number of ether oxygens (including phenoxy) is 2. The average Bonchev–Trinajstić information content (AvgIpc) is 2.80. The minimum Gasteiger partial charge on any atom is -0.496 e. The Hall–Kier alpha value is -3.06. The van der Waals surface area contributed by atoms with E-state index in [-0.39, 0.29) is 18.1 Å². The number of nitrogens with zero attached hydrogens (tertiary/aromatic N) is 2. The second kappa shape index (κ2) is 11.5. The summed E-state index contributed by atoms with van der Waals surface area (Å²) in [6, 6.07) is 15.6. The molecule has 32 heavy (non-hydrogen) atoms. The summed E-state index contributed by atoms with van der Waals surface area (Å²) in [4.78, 5) is 19.4. The quantitative estimate of drug-likeness (QED) is 0.513. The lowest BCUT2D eigenvalue weighted by Gasteiger charge is -2.35. The number of aliphatic imine (C=N–C) groups is 1. The molecule has 1 heterocycles. The highest BCUT2D eigenvalue weighted by molar-refractivity contribution is 5.94. The van der Waals surface area contributed by atoms with Crippen LogP contribution in [-0.4, -0.2) is 55.7 Å². The van der Waals surface area contributed by atoms with Crippen molar-refractivity contribution in [3.05, 3.63) is 65.2 Å². The predicted octanol–water partition coefficient (Wildman–Crippen LogP) is 3.20. The minimum atomic E-state index is 0.0499. The van der Waals surface area contributed by atoms with Crippen molar-refractivity contribution in [2.24, 2.45) is 4.99 Å². The molecule has 0 aliphatic carbocycles. The predicted molar refractivity (Wildman–Crippen MR) is 127 cm³/mol.